The molecule has 0 saturated carbocycles. The quantitative estimate of drug-likeness (QED) is 0.832. The molecule has 4 nitrogen and oxygen atoms in total. The Bertz CT molecular complexity index is 442. The molecule has 0 unspecified atom stereocenters. The zero-order valence-electron chi connectivity index (χ0n) is 12.0. The lowest BCUT2D eigenvalue weighted by Gasteiger charge is -2.23. The molecule has 0 atom stereocenters. The van der Waals surface area contributed by atoms with Crippen LogP contribution < -0.4 is 10.2 Å². The predicted molar refractivity (Wildman–Crippen MR) is 75.7 cm³/mol. The van der Waals surface area contributed by atoms with Crippen LogP contribution in [0.2, 0.25) is 0 Å². The van der Waals surface area contributed by atoms with Crippen LogP contribution in [0.15, 0.2) is 12.1 Å². The number of carbonyl (C=O) groups is 1. The fourth-order valence-electron chi connectivity index (χ4n) is 2.62. The Morgan fingerprint density at radius 1 is 1.21 bits per heavy atom. The van der Waals surface area contributed by atoms with Crippen LogP contribution in [0, 0.1) is 20.8 Å². The SMILES string of the molecule is Cc1cc(C)c(NC(=O)C[NH+]2CCOCC2)c(C)c1. The molecule has 1 aliphatic heterocycles. The second kappa shape index (κ2) is 6.17. The van der Waals surface area contributed by atoms with Crippen molar-refractivity contribution in [2.24, 2.45) is 0 Å². The van der Waals surface area contributed by atoms with Crippen LogP contribution in [0.1, 0.15) is 16.7 Å². The first kappa shape index (κ1) is 14.0. The third-order valence-corrected chi connectivity index (χ3v) is 3.55. The summed E-state index contributed by atoms with van der Waals surface area (Å²) in [6, 6.07) is 4.20. The highest BCUT2D eigenvalue weighted by Gasteiger charge is 2.18. The normalized spacial score (nSPS) is 16.4. The summed E-state index contributed by atoms with van der Waals surface area (Å²) < 4.78 is 5.30. The van der Waals surface area contributed by atoms with E-state index < -0.39 is 0 Å². The van der Waals surface area contributed by atoms with Gasteiger partial charge in [-0.15, -0.1) is 0 Å². The van der Waals surface area contributed by atoms with E-state index in [-0.39, 0.29) is 5.91 Å². The molecule has 19 heavy (non-hydrogen) atoms. The molecule has 0 radical (unpaired) electrons. The van der Waals surface area contributed by atoms with Gasteiger partial charge in [0.1, 0.15) is 13.1 Å². The van der Waals surface area contributed by atoms with E-state index in [4.69, 9.17) is 4.74 Å². The van der Waals surface area contributed by atoms with Gasteiger partial charge in [0.2, 0.25) is 0 Å². The van der Waals surface area contributed by atoms with Crippen molar-refractivity contribution in [2.45, 2.75) is 20.8 Å². The molecule has 1 heterocycles. The molecule has 1 aliphatic rings. The molecule has 2 rings (SSSR count). The predicted octanol–water partition coefficient (Wildman–Crippen LogP) is 0.465. The van der Waals surface area contributed by atoms with Crippen LogP contribution in [0.5, 0.6) is 0 Å². The number of carbonyl (C=O) groups excluding carboxylic acids is 1. The van der Waals surface area contributed by atoms with E-state index in [1.54, 1.807) is 0 Å². The molecule has 4 heteroatoms. The number of benzene rings is 1. The standard InChI is InChI=1S/C15H22N2O2/c1-11-8-12(2)15(13(3)9-11)16-14(18)10-17-4-6-19-7-5-17/h8-9H,4-7,10H2,1-3H3,(H,16,18)/p+1. The van der Waals surface area contributed by atoms with Crippen molar-refractivity contribution in [3.8, 4) is 0 Å². The molecule has 0 bridgehead atoms. The first-order valence-corrected chi connectivity index (χ1v) is 6.85. The van der Waals surface area contributed by atoms with E-state index in [0.29, 0.717) is 6.54 Å². The third-order valence-electron chi connectivity index (χ3n) is 3.55. The van der Waals surface area contributed by atoms with Crippen molar-refractivity contribution in [1.82, 2.24) is 0 Å². The molecule has 104 valence electrons. The van der Waals surface area contributed by atoms with E-state index >= 15 is 0 Å². The number of hydrogen-bond donors (Lipinski definition) is 2. The van der Waals surface area contributed by atoms with Gasteiger partial charge in [-0.1, -0.05) is 17.7 Å². The second-order valence-corrected chi connectivity index (χ2v) is 5.36. The molecule has 2 N–H and O–H groups in total. The van der Waals surface area contributed by atoms with Gasteiger partial charge in [0.25, 0.3) is 5.91 Å². The molecule has 0 aliphatic carbocycles. The van der Waals surface area contributed by atoms with Gasteiger partial charge in [0.05, 0.1) is 13.2 Å². The average Bonchev–Trinajstić information content (AvgIpc) is 2.35. The van der Waals surface area contributed by atoms with Crippen LogP contribution in [0.3, 0.4) is 0 Å². The van der Waals surface area contributed by atoms with Crippen molar-refractivity contribution in [1.29, 1.82) is 0 Å². The van der Waals surface area contributed by atoms with Crippen molar-refractivity contribution >= 4 is 11.6 Å². The number of amides is 1. The van der Waals surface area contributed by atoms with Gasteiger partial charge in [-0.05, 0) is 31.9 Å². The number of rotatable bonds is 3. The minimum absolute atomic E-state index is 0.0898. The van der Waals surface area contributed by atoms with Gasteiger partial charge in [0.15, 0.2) is 6.54 Å². The zero-order valence-corrected chi connectivity index (χ0v) is 12.0. The van der Waals surface area contributed by atoms with Gasteiger partial charge >= 0.3 is 0 Å². The number of morpholine rings is 1. The van der Waals surface area contributed by atoms with Gasteiger partial charge in [-0.3, -0.25) is 4.79 Å². The van der Waals surface area contributed by atoms with E-state index in [2.05, 4.69) is 24.4 Å². The summed E-state index contributed by atoms with van der Waals surface area (Å²) in [6.07, 6.45) is 0. The summed E-state index contributed by atoms with van der Waals surface area (Å²) in [5.74, 6) is 0.0898. The molecule has 1 amide bonds. The first-order valence-electron chi connectivity index (χ1n) is 6.85. The monoisotopic (exact) mass is 263 g/mol. The number of ether oxygens (including phenoxy) is 1. The van der Waals surface area contributed by atoms with E-state index in [1.165, 1.54) is 10.5 Å². The summed E-state index contributed by atoms with van der Waals surface area (Å²) in [6.45, 7) is 10.0. The minimum Gasteiger partial charge on any atom is -0.370 e. The lowest BCUT2D eigenvalue weighted by Crippen LogP contribution is -3.15. The fraction of sp³-hybridized carbons (Fsp3) is 0.533. The molecular weight excluding hydrogens is 240 g/mol. The van der Waals surface area contributed by atoms with Gasteiger partial charge in [-0.2, -0.15) is 0 Å². The molecular formula is C15H23N2O2+. The summed E-state index contributed by atoms with van der Waals surface area (Å²) in [7, 11) is 0. The Hall–Kier alpha value is -1.39. The Morgan fingerprint density at radius 3 is 2.37 bits per heavy atom. The number of aryl methyl sites for hydroxylation is 3. The molecule has 0 spiro atoms. The van der Waals surface area contributed by atoms with Crippen LogP contribution in [-0.2, 0) is 9.53 Å². The smallest absolute Gasteiger partial charge is 0.279 e. The maximum Gasteiger partial charge on any atom is 0.279 e. The largest absolute Gasteiger partial charge is 0.370 e. The van der Waals surface area contributed by atoms with E-state index in [0.717, 1.165) is 43.1 Å². The van der Waals surface area contributed by atoms with E-state index in [1.807, 2.05) is 13.8 Å². The lowest BCUT2D eigenvalue weighted by atomic mass is 10.1. The summed E-state index contributed by atoms with van der Waals surface area (Å²) >= 11 is 0. The Balaban J connectivity index is 1.98. The van der Waals surface area contributed by atoms with Crippen LogP contribution in [0.25, 0.3) is 0 Å². The van der Waals surface area contributed by atoms with E-state index in [9.17, 15) is 4.79 Å². The second-order valence-electron chi connectivity index (χ2n) is 5.36. The summed E-state index contributed by atoms with van der Waals surface area (Å²) in [5.41, 5.74) is 4.45. The van der Waals surface area contributed by atoms with Crippen LogP contribution in [-0.4, -0.2) is 38.8 Å². The van der Waals surface area contributed by atoms with Gasteiger partial charge < -0.3 is 15.0 Å². The van der Waals surface area contributed by atoms with Gasteiger partial charge in [-0.25, -0.2) is 0 Å². The fourth-order valence-corrected chi connectivity index (χ4v) is 2.62. The third kappa shape index (κ3) is 3.78. The Morgan fingerprint density at radius 2 is 1.79 bits per heavy atom. The summed E-state index contributed by atoms with van der Waals surface area (Å²) in [4.78, 5) is 13.4. The zero-order chi connectivity index (χ0) is 13.8. The molecule has 1 aromatic carbocycles. The van der Waals surface area contributed by atoms with Crippen LogP contribution in [0.4, 0.5) is 5.69 Å². The molecule has 0 aromatic heterocycles. The topological polar surface area (TPSA) is 42.8 Å². The highest BCUT2D eigenvalue weighted by molar-refractivity contribution is 5.93. The number of anilines is 1. The van der Waals surface area contributed by atoms with Crippen LogP contribution >= 0.6 is 0 Å². The minimum atomic E-state index is 0.0898. The average molecular weight is 263 g/mol. The molecule has 1 saturated heterocycles. The number of quaternary nitrogens is 1. The Labute approximate surface area is 114 Å². The van der Waals surface area contributed by atoms with Crippen molar-refractivity contribution < 1.29 is 14.4 Å². The van der Waals surface area contributed by atoms with Crippen molar-refractivity contribution in [3.63, 3.8) is 0 Å². The van der Waals surface area contributed by atoms with Crippen molar-refractivity contribution in [2.75, 3.05) is 38.2 Å². The highest BCUT2D eigenvalue weighted by atomic mass is 16.5. The maximum absolute atomic E-state index is 12.1. The molecule has 1 aromatic rings. The highest BCUT2D eigenvalue weighted by Crippen LogP contribution is 2.21. The lowest BCUT2D eigenvalue weighted by molar-refractivity contribution is -0.899. The number of hydrogen-bond acceptors (Lipinski definition) is 2. The first-order chi connectivity index (χ1) is 9.06. The van der Waals surface area contributed by atoms with Crippen molar-refractivity contribution in [3.05, 3.63) is 28.8 Å². The number of nitrogens with one attached hydrogen (secondary N) is 2. The maximum atomic E-state index is 12.1. The summed E-state index contributed by atoms with van der Waals surface area (Å²) in [5, 5.41) is 3.05. The van der Waals surface area contributed by atoms with Gasteiger partial charge in [0, 0.05) is 5.69 Å². The Kier molecular flexibility index (Phi) is 4.56. The molecule has 1 fully saturated rings.